The molecule has 2 aliphatic heterocycles. The fourth-order valence-electron chi connectivity index (χ4n) is 11.8. The van der Waals surface area contributed by atoms with E-state index in [4.69, 9.17) is 65.8 Å². The molecule has 0 radical (unpaired) electrons. The number of carbonyl (C=O) groups excluding carboxylic acids is 2. The molecule has 114 heavy (non-hydrogen) atoms. The maximum atomic E-state index is 12.1. The van der Waals surface area contributed by atoms with E-state index < -0.39 is 5.97 Å². The second kappa shape index (κ2) is 37.6. The zero-order chi connectivity index (χ0) is 83.6. The molecular formula is C76H85Cl2N21O15. The Morgan fingerprint density at radius 3 is 1.11 bits per heavy atom. The van der Waals surface area contributed by atoms with Crippen LogP contribution in [0.15, 0.2) is 160 Å². The molecule has 3 aromatic carbocycles. The Morgan fingerprint density at radius 1 is 0.474 bits per heavy atom. The third-order valence-electron chi connectivity index (χ3n) is 17.4. The fraction of sp³-hybridized carbons (Fsp3) is 0.289. The van der Waals surface area contributed by atoms with Gasteiger partial charge in [0.2, 0.25) is 35.1 Å². The van der Waals surface area contributed by atoms with Crippen LogP contribution in [0.5, 0.6) is 17.6 Å². The summed E-state index contributed by atoms with van der Waals surface area (Å²) in [5, 5.41) is 77.8. The number of pyridine rings is 3. The number of amides is 2. The summed E-state index contributed by atoms with van der Waals surface area (Å²) in [4.78, 5) is 51.1. The van der Waals surface area contributed by atoms with Gasteiger partial charge in [-0.25, -0.2) is 4.79 Å². The van der Waals surface area contributed by atoms with Crippen molar-refractivity contribution in [2.24, 2.45) is 0 Å². The number of aliphatic hydroxyl groups excluding tert-OH is 1. The largest absolute Gasteiger partial charge is 0.478 e. The van der Waals surface area contributed by atoms with Crippen LogP contribution in [0.4, 0.5) is 0 Å². The van der Waals surface area contributed by atoms with Gasteiger partial charge in [0.1, 0.15) is 39.6 Å². The first-order valence-electron chi connectivity index (χ1n) is 38.5. The number of carbonyl (C=O) groups is 3. The van der Waals surface area contributed by atoms with Crippen LogP contribution in [0, 0.1) is 0 Å². The van der Waals surface area contributed by atoms with E-state index in [0.717, 1.165) is 70.8 Å². The van der Waals surface area contributed by atoms with Crippen molar-refractivity contribution in [3.63, 3.8) is 0 Å². The molecule has 0 saturated carbocycles. The lowest BCUT2D eigenvalue weighted by Gasteiger charge is -2.21. The quantitative estimate of drug-likeness (QED) is 0.0567. The van der Waals surface area contributed by atoms with Gasteiger partial charge in [0.05, 0.1) is 33.8 Å². The van der Waals surface area contributed by atoms with Gasteiger partial charge in [-0.15, -0.1) is 70.7 Å². The SMILES string of the molecule is CN(C)C(=O)c1ccc(COc2nn3c(-c4cc(CO)on4)nnc3c3ccccc23)nc1.CN(C)C(=O)c1ccc(COc2nn3c(-c4cc(COC5CCCCO5)on4)nnc3c3ccccc23)nc1.CNC.Cl.Cl.O=C(O)c1ccc(COc2nn3c(-c4cc(COC5CCCCO5)on4)nnc3c3ccccc23)nc1.[2HH].[2H][2H].[2H][2H].[2H][2H]. The number of hydrogen-bond acceptors (Lipinski definition) is 30. The lowest BCUT2D eigenvalue weighted by Crippen LogP contribution is -2.21. The van der Waals surface area contributed by atoms with E-state index in [1.165, 1.54) is 32.8 Å². The third-order valence-corrected chi connectivity index (χ3v) is 17.4. The second-order valence-electron chi connectivity index (χ2n) is 25.9. The zero-order valence-electron chi connectivity index (χ0n) is 68.4. The van der Waals surface area contributed by atoms with E-state index in [-0.39, 0.29) is 95.8 Å². The second-order valence-corrected chi connectivity index (χ2v) is 25.9. The normalized spacial score (nSPS) is 14.1. The van der Waals surface area contributed by atoms with Crippen LogP contribution < -0.4 is 19.5 Å². The molecule has 2 saturated heterocycles. The van der Waals surface area contributed by atoms with Crippen LogP contribution in [-0.4, -0.2) is 196 Å². The van der Waals surface area contributed by atoms with Crippen molar-refractivity contribution in [2.45, 2.75) is 90.7 Å². The number of rotatable bonds is 22. The number of carboxylic acids is 1. The molecule has 38 heteroatoms. The average Bonchev–Trinajstić information content (AvgIpc) is 1.65. The van der Waals surface area contributed by atoms with Crippen molar-refractivity contribution in [1.29, 1.82) is 0 Å². The lowest BCUT2D eigenvalue weighted by atomic mass is 10.2. The summed E-state index contributed by atoms with van der Waals surface area (Å²) in [6.45, 7) is 2.00. The number of aromatic nitrogens is 18. The molecule has 0 aliphatic carbocycles. The Balaban J connectivity index is 0.000000213. The van der Waals surface area contributed by atoms with E-state index in [0.29, 0.717) is 128 Å². The summed E-state index contributed by atoms with van der Waals surface area (Å²) in [5.41, 5.74) is 5.92. The lowest BCUT2D eigenvalue weighted by molar-refractivity contribution is -0.171. The predicted molar refractivity (Wildman–Crippen MR) is 421 cm³/mol. The Morgan fingerprint density at radius 2 is 0.807 bits per heavy atom. The molecule has 598 valence electrons. The highest BCUT2D eigenvalue weighted by atomic mass is 35.5. The minimum Gasteiger partial charge on any atom is -0.478 e. The Labute approximate surface area is 671 Å². The minimum atomic E-state index is -1.04. The number of hydrogen-bond donors (Lipinski definition) is 3. The molecule has 2 amide bonds. The van der Waals surface area contributed by atoms with Crippen LogP contribution in [-0.2, 0) is 58.6 Å². The zero-order valence-corrected chi connectivity index (χ0v) is 64.0. The van der Waals surface area contributed by atoms with Crippen LogP contribution in [0.25, 0.3) is 83.8 Å². The van der Waals surface area contributed by atoms with Gasteiger partial charge in [0.15, 0.2) is 63.9 Å². The number of aromatic carboxylic acids is 1. The van der Waals surface area contributed by atoms with Crippen molar-refractivity contribution in [2.75, 3.05) is 55.5 Å². The van der Waals surface area contributed by atoms with E-state index in [2.05, 4.69) is 76.5 Å². The first-order valence-corrected chi connectivity index (χ1v) is 35.5. The van der Waals surface area contributed by atoms with Crippen molar-refractivity contribution in [3.05, 3.63) is 197 Å². The molecule has 3 N–H and O–H groups in total. The Bertz CT molecular complexity index is 5810. The van der Waals surface area contributed by atoms with Gasteiger partial charge in [0, 0.05) is 121 Å². The molecule has 0 spiro atoms. The maximum Gasteiger partial charge on any atom is 0.337 e. The maximum absolute atomic E-state index is 12.1. The number of nitrogens with one attached hydrogen (secondary N) is 1. The topological polar surface area (TPSA) is 421 Å². The summed E-state index contributed by atoms with van der Waals surface area (Å²) >= 11 is 0. The highest BCUT2D eigenvalue weighted by molar-refractivity contribution is 5.99. The number of benzene rings is 3. The molecule has 17 rings (SSSR count). The fourth-order valence-corrected chi connectivity index (χ4v) is 11.8. The first kappa shape index (κ1) is 76.7. The van der Waals surface area contributed by atoms with Crippen LogP contribution >= 0.6 is 24.8 Å². The number of carboxylic acid groups (broad SMARTS) is 1. The van der Waals surface area contributed by atoms with Gasteiger partial charge in [0.25, 0.3) is 11.8 Å². The average molecular weight is 1610 g/mol. The molecule has 2 aliphatic rings. The Hall–Kier alpha value is -12.7. The molecule has 0 bridgehead atoms. The van der Waals surface area contributed by atoms with Crippen LogP contribution in [0.1, 0.15) is 114 Å². The summed E-state index contributed by atoms with van der Waals surface area (Å²) in [6.07, 6.45) is 9.88. The minimum absolute atomic E-state index is 0. The Kier molecular flexibility index (Phi) is 25.3. The van der Waals surface area contributed by atoms with E-state index in [1.807, 2.05) is 86.9 Å². The summed E-state index contributed by atoms with van der Waals surface area (Å²) < 4.78 is 91.6. The number of halogens is 2. The van der Waals surface area contributed by atoms with Crippen molar-refractivity contribution >= 4 is 91.9 Å². The molecule has 36 nitrogen and oxygen atoms in total. The van der Waals surface area contributed by atoms with Gasteiger partial charge in [-0.2, -0.15) is 13.5 Å². The highest BCUT2D eigenvalue weighted by Crippen LogP contribution is 2.34. The van der Waals surface area contributed by atoms with Gasteiger partial charge >= 0.3 is 5.97 Å². The van der Waals surface area contributed by atoms with E-state index >= 15 is 0 Å². The van der Waals surface area contributed by atoms with Gasteiger partial charge in [-0.3, -0.25) is 24.5 Å². The van der Waals surface area contributed by atoms with E-state index in [9.17, 15) is 19.5 Å². The molecule has 12 aromatic heterocycles. The summed E-state index contributed by atoms with van der Waals surface area (Å²) in [6, 6.07) is 37.9. The van der Waals surface area contributed by atoms with Crippen LogP contribution in [0.3, 0.4) is 0 Å². The molecule has 14 heterocycles. The van der Waals surface area contributed by atoms with Crippen molar-refractivity contribution in [1.82, 2.24) is 105 Å². The molecular weight excluding hydrogens is 1520 g/mol. The van der Waals surface area contributed by atoms with Gasteiger partial charge < -0.3 is 72.1 Å². The summed E-state index contributed by atoms with van der Waals surface area (Å²) in [7, 11) is 10.5. The molecule has 15 aromatic rings. The van der Waals surface area contributed by atoms with Gasteiger partial charge in [-0.1, -0.05) is 70.1 Å². The monoisotopic (exact) mass is 1610 g/mol. The molecule has 2 atom stereocenters. The third kappa shape index (κ3) is 18.6. The van der Waals surface area contributed by atoms with E-state index in [1.54, 1.807) is 91.9 Å². The summed E-state index contributed by atoms with van der Waals surface area (Å²) in [5.74, 6) is 2.37. The molecule has 2 fully saturated rings. The molecule has 2 unspecified atom stereocenters. The number of ether oxygens (including phenoxy) is 7. The number of nitrogens with zero attached hydrogens (tertiary/aromatic N) is 20. The number of fused-ring (bicyclic) bond motifs is 9. The highest BCUT2D eigenvalue weighted by Gasteiger charge is 2.26. The predicted octanol–water partition coefficient (Wildman–Crippen LogP) is 11.1. The van der Waals surface area contributed by atoms with Crippen molar-refractivity contribution in [3.8, 4) is 52.2 Å². The van der Waals surface area contributed by atoms with Crippen molar-refractivity contribution < 1.29 is 81.7 Å². The first-order chi connectivity index (χ1) is 57.7. The smallest absolute Gasteiger partial charge is 0.337 e. The van der Waals surface area contributed by atoms with Crippen LogP contribution in [0.2, 0.25) is 0 Å². The van der Waals surface area contributed by atoms with Gasteiger partial charge in [-0.05, 0) is 107 Å². The number of aliphatic hydroxyl groups is 1. The standard InChI is InChI=1S/C27H27N7O5.C25H22N6O6.C22H19N7O4.C2H7N.2ClH.4H2/c1-33(2)27(35)17-10-11-18(28-14-17)15-38-26-21-8-4-3-7-20(21)24-29-30-25(34(24)31-26)22-13-19(39-32-22)16-37-23-9-5-6-12-36-23;32-25(33)15-8-9-16(26-12-15)13-36-24-19-6-2-1-5-18(19)22-27-28-23(31(22)29-24)20-11-17(37-30-20)14-35-21-7-3-4-10-34-21;1-28(2)22(31)13-7-8-14(23-10-13)12-32-21-17-6-4-3-5-16(17)19-24-25-20(29(19)26-21)18-9-15(11-30)33-27-18;1-3-2;;;;;;/h3-4,7-8,10-11,13-14,23H,5-6,9,12,15-16H2,1-2H3;1-2,5-6,8-9,11-12,21H,3-4,7,10,13-14H2,(H,32,33);3-10,30H,11-12H2,1-2H3;3H,1-2H3;6*1H/i;;;;;;3*1+1D;1+1.